The maximum Gasteiger partial charge on any atom is 0.319 e. The highest BCUT2D eigenvalue weighted by molar-refractivity contribution is 6.29. The Labute approximate surface area is 118 Å². The molecule has 1 atom stereocenters. The lowest BCUT2D eigenvalue weighted by molar-refractivity contribution is 0.104. The zero-order chi connectivity index (χ0) is 14.3. The number of rotatable bonds is 6. The van der Waals surface area contributed by atoms with Gasteiger partial charge in [-0.1, -0.05) is 38.3 Å². The Kier molecular flexibility index (Phi) is 6.59. The fourth-order valence-electron chi connectivity index (χ4n) is 1.85. The molecule has 0 aliphatic rings. The molecule has 19 heavy (non-hydrogen) atoms. The number of carbonyl (C=O) groups excluding carboxylic acids is 1. The summed E-state index contributed by atoms with van der Waals surface area (Å²) < 4.78 is 0. The molecule has 0 spiro atoms. The number of hydrogen-bond donors (Lipinski definition) is 3. The molecule has 0 aliphatic carbocycles. The maximum atomic E-state index is 11.6. The lowest BCUT2D eigenvalue weighted by Crippen LogP contribution is -2.38. The van der Waals surface area contributed by atoms with Crippen molar-refractivity contribution in [1.82, 2.24) is 10.3 Å². The molecule has 0 bridgehead atoms. The molecule has 1 aromatic rings. The number of urea groups is 1. The van der Waals surface area contributed by atoms with Crippen molar-refractivity contribution in [1.29, 1.82) is 0 Å². The molecule has 2 amide bonds. The number of pyridine rings is 1. The molecule has 0 aliphatic heterocycles. The Morgan fingerprint density at radius 2 is 2.16 bits per heavy atom. The van der Waals surface area contributed by atoms with E-state index in [4.69, 9.17) is 11.6 Å². The fraction of sp³-hybridized carbons (Fsp3) is 0.538. The number of carbonyl (C=O) groups is 1. The van der Waals surface area contributed by atoms with Crippen molar-refractivity contribution in [2.75, 3.05) is 11.9 Å². The summed E-state index contributed by atoms with van der Waals surface area (Å²) in [6.07, 6.45) is 2.76. The van der Waals surface area contributed by atoms with E-state index in [2.05, 4.69) is 15.6 Å². The quantitative estimate of drug-likeness (QED) is 0.704. The first-order valence-corrected chi connectivity index (χ1v) is 6.79. The predicted octanol–water partition coefficient (Wildman–Crippen LogP) is 2.65. The van der Waals surface area contributed by atoms with E-state index in [0.717, 1.165) is 12.8 Å². The minimum Gasteiger partial charge on any atom is -0.391 e. The maximum absolute atomic E-state index is 11.6. The van der Waals surface area contributed by atoms with Gasteiger partial charge in [-0.15, -0.1) is 0 Å². The number of nitrogens with zero attached hydrogens (tertiary/aromatic N) is 1. The molecule has 3 N–H and O–H groups in total. The second-order valence-corrected chi connectivity index (χ2v) is 4.73. The van der Waals surface area contributed by atoms with Crippen molar-refractivity contribution < 1.29 is 9.90 Å². The number of aliphatic hydroxyl groups excluding tert-OH is 1. The number of aliphatic hydroxyl groups is 1. The molecule has 0 saturated carbocycles. The topological polar surface area (TPSA) is 74.2 Å². The third kappa shape index (κ3) is 5.44. The molecule has 1 rings (SSSR count). The molecule has 5 nitrogen and oxygen atoms in total. The molecule has 106 valence electrons. The van der Waals surface area contributed by atoms with Gasteiger partial charge in [-0.25, -0.2) is 9.78 Å². The lowest BCUT2D eigenvalue weighted by Gasteiger charge is -2.20. The van der Waals surface area contributed by atoms with Gasteiger partial charge in [-0.2, -0.15) is 0 Å². The van der Waals surface area contributed by atoms with Crippen LogP contribution in [0, 0.1) is 5.92 Å². The van der Waals surface area contributed by atoms with Gasteiger partial charge >= 0.3 is 6.03 Å². The van der Waals surface area contributed by atoms with E-state index in [0.29, 0.717) is 10.8 Å². The molecule has 0 saturated heterocycles. The van der Waals surface area contributed by atoms with Gasteiger partial charge in [0.1, 0.15) is 5.15 Å². The van der Waals surface area contributed by atoms with E-state index < -0.39 is 6.10 Å². The van der Waals surface area contributed by atoms with E-state index in [1.165, 1.54) is 6.20 Å². The van der Waals surface area contributed by atoms with Gasteiger partial charge in [0.15, 0.2) is 0 Å². The predicted molar refractivity (Wildman–Crippen MR) is 76.3 cm³/mol. The largest absolute Gasteiger partial charge is 0.391 e. The SMILES string of the molecule is CCC(CC)C(O)CNC(=O)Nc1ccnc(Cl)c1. The van der Waals surface area contributed by atoms with Crippen LogP contribution in [0.2, 0.25) is 5.15 Å². The summed E-state index contributed by atoms with van der Waals surface area (Å²) in [6.45, 7) is 4.28. The van der Waals surface area contributed by atoms with E-state index >= 15 is 0 Å². The van der Waals surface area contributed by atoms with Gasteiger partial charge in [-0.05, 0) is 18.1 Å². The highest BCUT2D eigenvalue weighted by atomic mass is 35.5. The highest BCUT2D eigenvalue weighted by Gasteiger charge is 2.16. The molecule has 1 unspecified atom stereocenters. The van der Waals surface area contributed by atoms with Gasteiger partial charge in [-0.3, -0.25) is 0 Å². The monoisotopic (exact) mass is 285 g/mol. The summed E-state index contributed by atoms with van der Waals surface area (Å²) in [5.41, 5.74) is 0.564. The van der Waals surface area contributed by atoms with Crippen molar-refractivity contribution in [3.05, 3.63) is 23.5 Å². The first-order valence-electron chi connectivity index (χ1n) is 6.41. The van der Waals surface area contributed by atoms with Crippen LogP contribution in [0.4, 0.5) is 10.5 Å². The van der Waals surface area contributed by atoms with Crippen LogP contribution in [-0.4, -0.2) is 28.8 Å². The number of amides is 2. The van der Waals surface area contributed by atoms with Crippen molar-refractivity contribution in [2.24, 2.45) is 5.92 Å². The van der Waals surface area contributed by atoms with Gasteiger partial charge in [0.2, 0.25) is 0 Å². The minimum absolute atomic E-state index is 0.204. The standard InChI is InChI=1S/C13H20ClN3O2/c1-3-9(4-2)11(18)8-16-13(19)17-10-5-6-15-12(14)7-10/h5-7,9,11,18H,3-4,8H2,1-2H3,(H2,15,16,17,19). The molecule has 1 aromatic heterocycles. The Balaban J connectivity index is 2.39. The van der Waals surface area contributed by atoms with Crippen molar-refractivity contribution >= 4 is 23.3 Å². The summed E-state index contributed by atoms with van der Waals surface area (Å²) in [7, 11) is 0. The van der Waals surface area contributed by atoms with Crippen LogP contribution in [0.3, 0.4) is 0 Å². The average Bonchev–Trinajstić information content (AvgIpc) is 2.38. The smallest absolute Gasteiger partial charge is 0.319 e. The van der Waals surface area contributed by atoms with Crippen molar-refractivity contribution in [3.63, 3.8) is 0 Å². The Morgan fingerprint density at radius 1 is 1.47 bits per heavy atom. The number of hydrogen-bond acceptors (Lipinski definition) is 3. The zero-order valence-electron chi connectivity index (χ0n) is 11.2. The molecule has 0 aromatic carbocycles. The Bertz CT molecular complexity index is 411. The molecule has 1 heterocycles. The lowest BCUT2D eigenvalue weighted by atomic mass is 9.97. The molecule has 0 fully saturated rings. The second-order valence-electron chi connectivity index (χ2n) is 4.35. The molecular formula is C13H20ClN3O2. The molecule has 6 heteroatoms. The van der Waals surface area contributed by atoms with Crippen LogP contribution in [0.25, 0.3) is 0 Å². The summed E-state index contributed by atoms with van der Waals surface area (Å²) in [4.78, 5) is 15.5. The Hall–Kier alpha value is -1.33. The van der Waals surface area contributed by atoms with E-state index in [1.54, 1.807) is 12.1 Å². The van der Waals surface area contributed by atoms with Crippen LogP contribution >= 0.6 is 11.6 Å². The highest BCUT2D eigenvalue weighted by Crippen LogP contribution is 2.13. The van der Waals surface area contributed by atoms with Crippen LogP contribution in [0.1, 0.15) is 26.7 Å². The number of aromatic nitrogens is 1. The van der Waals surface area contributed by atoms with E-state index in [1.807, 2.05) is 13.8 Å². The van der Waals surface area contributed by atoms with E-state index in [-0.39, 0.29) is 18.5 Å². The number of anilines is 1. The Morgan fingerprint density at radius 3 is 2.74 bits per heavy atom. The first-order chi connectivity index (χ1) is 9.06. The third-order valence-corrected chi connectivity index (χ3v) is 3.26. The second kappa shape index (κ2) is 7.96. The van der Waals surface area contributed by atoms with Gasteiger partial charge in [0.25, 0.3) is 0 Å². The van der Waals surface area contributed by atoms with E-state index in [9.17, 15) is 9.90 Å². The zero-order valence-corrected chi connectivity index (χ0v) is 11.9. The third-order valence-electron chi connectivity index (χ3n) is 3.05. The molecular weight excluding hydrogens is 266 g/mol. The number of halogens is 1. The normalized spacial score (nSPS) is 12.3. The van der Waals surface area contributed by atoms with Gasteiger partial charge in [0.05, 0.1) is 6.10 Å². The van der Waals surface area contributed by atoms with Crippen molar-refractivity contribution in [3.8, 4) is 0 Å². The van der Waals surface area contributed by atoms with Gasteiger partial charge in [0, 0.05) is 18.4 Å². The summed E-state index contributed by atoms with van der Waals surface area (Å²) in [6, 6.07) is 2.83. The van der Waals surface area contributed by atoms with Crippen LogP contribution < -0.4 is 10.6 Å². The average molecular weight is 286 g/mol. The first kappa shape index (κ1) is 15.7. The molecule has 0 radical (unpaired) electrons. The van der Waals surface area contributed by atoms with Crippen molar-refractivity contribution in [2.45, 2.75) is 32.8 Å². The van der Waals surface area contributed by atoms with Crippen LogP contribution in [-0.2, 0) is 0 Å². The van der Waals surface area contributed by atoms with Crippen LogP contribution in [0.15, 0.2) is 18.3 Å². The minimum atomic E-state index is -0.526. The summed E-state index contributed by atoms with van der Waals surface area (Å²) in [5.74, 6) is 0.204. The van der Waals surface area contributed by atoms with Gasteiger partial charge < -0.3 is 15.7 Å². The van der Waals surface area contributed by atoms with Crippen LogP contribution in [0.5, 0.6) is 0 Å². The summed E-state index contributed by atoms with van der Waals surface area (Å²) in [5, 5.41) is 15.5. The summed E-state index contributed by atoms with van der Waals surface area (Å²) >= 11 is 5.71. The number of nitrogens with one attached hydrogen (secondary N) is 2. The fourth-order valence-corrected chi connectivity index (χ4v) is 2.03.